The van der Waals surface area contributed by atoms with Crippen molar-refractivity contribution in [3.63, 3.8) is 0 Å². The molecule has 1 heterocycles. The summed E-state index contributed by atoms with van der Waals surface area (Å²) < 4.78 is 0. The number of nitrogens with one attached hydrogen (secondary N) is 2. The number of hydrogen-bond donors (Lipinski definition) is 2. The summed E-state index contributed by atoms with van der Waals surface area (Å²) in [5.41, 5.74) is 4.74. The standard InChI is InChI=1S/C25H20ClN3OS/c26-18-9-5-11-20(13-18)28-25-29-23(15-31-25)17-8-4-10-19(12-17)27-24(30)22-14-21(22)16-6-2-1-3-7-16/h1-13,15,21-22H,14H2,(H,27,30)(H,28,29). The average molecular weight is 446 g/mol. The van der Waals surface area contributed by atoms with Gasteiger partial charge in [0.25, 0.3) is 0 Å². The molecule has 1 aromatic heterocycles. The second-order valence-corrected chi connectivity index (χ2v) is 8.90. The second kappa shape index (κ2) is 8.53. The maximum atomic E-state index is 12.7. The van der Waals surface area contributed by atoms with E-state index < -0.39 is 0 Å². The van der Waals surface area contributed by atoms with Crippen molar-refractivity contribution in [2.24, 2.45) is 5.92 Å². The van der Waals surface area contributed by atoms with Crippen LogP contribution in [-0.4, -0.2) is 10.9 Å². The van der Waals surface area contributed by atoms with Crippen molar-refractivity contribution in [3.8, 4) is 11.3 Å². The van der Waals surface area contributed by atoms with Gasteiger partial charge in [0.1, 0.15) is 0 Å². The molecule has 0 bridgehead atoms. The Kier molecular flexibility index (Phi) is 5.45. The Morgan fingerprint density at radius 1 is 0.968 bits per heavy atom. The van der Waals surface area contributed by atoms with Crippen molar-refractivity contribution in [1.29, 1.82) is 0 Å². The first-order valence-corrected chi connectivity index (χ1v) is 11.4. The first-order chi connectivity index (χ1) is 15.2. The van der Waals surface area contributed by atoms with Crippen molar-refractivity contribution >= 4 is 45.4 Å². The summed E-state index contributed by atoms with van der Waals surface area (Å²) in [5.74, 6) is 0.439. The molecule has 3 aromatic carbocycles. The predicted molar refractivity (Wildman–Crippen MR) is 128 cm³/mol. The zero-order chi connectivity index (χ0) is 21.2. The lowest BCUT2D eigenvalue weighted by Gasteiger charge is -2.07. The van der Waals surface area contributed by atoms with E-state index in [1.54, 1.807) is 0 Å². The van der Waals surface area contributed by atoms with Crippen LogP contribution in [0.3, 0.4) is 0 Å². The summed E-state index contributed by atoms with van der Waals surface area (Å²) in [6.07, 6.45) is 0.903. The molecule has 4 nitrogen and oxygen atoms in total. The Morgan fingerprint density at radius 2 is 1.77 bits per heavy atom. The first-order valence-electron chi connectivity index (χ1n) is 10.1. The summed E-state index contributed by atoms with van der Waals surface area (Å²) >= 11 is 7.57. The number of aromatic nitrogens is 1. The molecule has 0 spiro atoms. The Hall–Kier alpha value is -3.15. The number of halogens is 1. The number of nitrogens with zero attached hydrogens (tertiary/aromatic N) is 1. The number of rotatable bonds is 6. The molecule has 4 aromatic rings. The fourth-order valence-electron chi connectivity index (χ4n) is 3.70. The molecule has 1 aliphatic rings. The fraction of sp³-hybridized carbons (Fsp3) is 0.120. The summed E-state index contributed by atoms with van der Waals surface area (Å²) in [4.78, 5) is 17.4. The van der Waals surface area contributed by atoms with E-state index in [2.05, 4.69) is 27.8 Å². The van der Waals surface area contributed by atoms with Gasteiger partial charge >= 0.3 is 0 Å². The Morgan fingerprint density at radius 3 is 2.61 bits per heavy atom. The maximum absolute atomic E-state index is 12.7. The second-order valence-electron chi connectivity index (χ2n) is 7.60. The summed E-state index contributed by atoms with van der Waals surface area (Å²) in [5, 5.41) is 9.82. The maximum Gasteiger partial charge on any atom is 0.228 e. The topological polar surface area (TPSA) is 54.0 Å². The third kappa shape index (κ3) is 4.63. The van der Waals surface area contributed by atoms with Gasteiger partial charge in [0.15, 0.2) is 5.13 Å². The first kappa shape index (κ1) is 19.8. The third-order valence-electron chi connectivity index (χ3n) is 5.36. The quantitative estimate of drug-likeness (QED) is 0.337. The van der Waals surface area contributed by atoms with Crippen molar-refractivity contribution in [1.82, 2.24) is 4.98 Å². The molecular formula is C25H20ClN3OS. The minimum absolute atomic E-state index is 0.0406. The molecular weight excluding hydrogens is 426 g/mol. The van der Waals surface area contributed by atoms with E-state index in [0.29, 0.717) is 10.9 Å². The van der Waals surface area contributed by atoms with Gasteiger partial charge in [-0.1, -0.05) is 60.1 Å². The Bertz CT molecular complexity index is 1220. The van der Waals surface area contributed by atoms with Gasteiger partial charge in [-0.3, -0.25) is 4.79 Å². The van der Waals surface area contributed by atoms with Crippen LogP contribution < -0.4 is 10.6 Å². The molecule has 6 heteroatoms. The zero-order valence-electron chi connectivity index (χ0n) is 16.6. The smallest absolute Gasteiger partial charge is 0.228 e. The highest BCUT2D eigenvalue weighted by Gasteiger charge is 2.43. The van der Waals surface area contributed by atoms with Crippen LogP contribution >= 0.6 is 22.9 Å². The molecule has 2 atom stereocenters. The van der Waals surface area contributed by atoms with Crippen LogP contribution in [0.1, 0.15) is 17.9 Å². The number of hydrogen-bond acceptors (Lipinski definition) is 4. The van der Waals surface area contributed by atoms with Gasteiger partial charge in [0.2, 0.25) is 5.91 Å². The van der Waals surface area contributed by atoms with Crippen LogP contribution in [0, 0.1) is 5.92 Å². The van der Waals surface area contributed by atoms with E-state index in [4.69, 9.17) is 11.6 Å². The Balaban J connectivity index is 1.25. The van der Waals surface area contributed by atoms with Gasteiger partial charge in [0, 0.05) is 33.3 Å². The van der Waals surface area contributed by atoms with E-state index in [-0.39, 0.29) is 11.8 Å². The monoisotopic (exact) mass is 445 g/mol. The molecule has 2 N–H and O–H groups in total. The highest BCUT2D eigenvalue weighted by molar-refractivity contribution is 7.14. The van der Waals surface area contributed by atoms with E-state index >= 15 is 0 Å². The van der Waals surface area contributed by atoms with Crippen molar-refractivity contribution in [3.05, 3.63) is 94.8 Å². The summed E-state index contributed by atoms with van der Waals surface area (Å²) in [7, 11) is 0. The molecule has 1 aliphatic carbocycles. The number of benzene rings is 3. The lowest BCUT2D eigenvalue weighted by molar-refractivity contribution is -0.117. The van der Waals surface area contributed by atoms with Gasteiger partial charge < -0.3 is 10.6 Å². The normalized spacial score (nSPS) is 17.2. The molecule has 1 fully saturated rings. The third-order valence-corrected chi connectivity index (χ3v) is 6.35. The molecule has 154 valence electrons. The van der Waals surface area contributed by atoms with Crippen molar-refractivity contribution in [2.75, 3.05) is 10.6 Å². The van der Waals surface area contributed by atoms with Gasteiger partial charge in [-0.25, -0.2) is 4.98 Å². The van der Waals surface area contributed by atoms with Crippen LogP contribution in [0.2, 0.25) is 5.02 Å². The minimum Gasteiger partial charge on any atom is -0.331 e. The SMILES string of the molecule is O=C(Nc1cccc(-c2csc(Nc3cccc(Cl)c3)n2)c1)C1CC1c1ccccc1. The summed E-state index contributed by atoms with van der Waals surface area (Å²) in [6, 6.07) is 25.6. The van der Waals surface area contributed by atoms with Crippen LogP contribution in [0.5, 0.6) is 0 Å². The number of amides is 1. The van der Waals surface area contributed by atoms with Crippen LogP contribution in [0.15, 0.2) is 84.2 Å². The molecule has 2 unspecified atom stereocenters. The average Bonchev–Trinajstić information content (AvgIpc) is 3.46. The lowest BCUT2D eigenvalue weighted by Crippen LogP contribution is -2.14. The number of anilines is 3. The van der Waals surface area contributed by atoms with E-state index in [1.807, 2.05) is 72.1 Å². The molecule has 1 saturated carbocycles. The number of carbonyl (C=O) groups excluding carboxylic acids is 1. The highest BCUT2D eigenvalue weighted by Crippen LogP contribution is 2.48. The van der Waals surface area contributed by atoms with Crippen LogP contribution in [0.25, 0.3) is 11.3 Å². The van der Waals surface area contributed by atoms with Gasteiger partial charge in [-0.05, 0) is 48.2 Å². The van der Waals surface area contributed by atoms with E-state index in [9.17, 15) is 4.79 Å². The fourth-order valence-corrected chi connectivity index (χ4v) is 4.63. The van der Waals surface area contributed by atoms with E-state index in [1.165, 1.54) is 16.9 Å². The summed E-state index contributed by atoms with van der Waals surface area (Å²) in [6.45, 7) is 0. The van der Waals surface area contributed by atoms with E-state index in [0.717, 1.165) is 34.2 Å². The van der Waals surface area contributed by atoms with Crippen LogP contribution in [-0.2, 0) is 4.79 Å². The zero-order valence-corrected chi connectivity index (χ0v) is 18.2. The lowest BCUT2D eigenvalue weighted by atomic mass is 10.1. The van der Waals surface area contributed by atoms with Crippen molar-refractivity contribution in [2.45, 2.75) is 12.3 Å². The van der Waals surface area contributed by atoms with Gasteiger partial charge in [-0.2, -0.15) is 0 Å². The molecule has 0 radical (unpaired) electrons. The van der Waals surface area contributed by atoms with Gasteiger partial charge in [-0.15, -0.1) is 11.3 Å². The highest BCUT2D eigenvalue weighted by atomic mass is 35.5. The van der Waals surface area contributed by atoms with Crippen molar-refractivity contribution < 1.29 is 4.79 Å². The Labute approximate surface area is 189 Å². The number of thiazole rings is 1. The number of carbonyl (C=O) groups is 1. The molecule has 5 rings (SSSR count). The predicted octanol–water partition coefficient (Wildman–Crippen LogP) is 6.95. The molecule has 0 saturated heterocycles. The van der Waals surface area contributed by atoms with Crippen LogP contribution in [0.4, 0.5) is 16.5 Å². The largest absolute Gasteiger partial charge is 0.331 e. The molecule has 0 aliphatic heterocycles. The molecule has 1 amide bonds. The molecule has 31 heavy (non-hydrogen) atoms. The minimum atomic E-state index is 0.0406. The van der Waals surface area contributed by atoms with Gasteiger partial charge in [0.05, 0.1) is 5.69 Å².